The number of nitrogens with zero attached hydrogens (tertiary/aromatic N) is 3. The molecule has 7 heteroatoms. The zero-order valence-electron chi connectivity index (χ0n) is 15.5. The number of imidazole rings is 1. The van der Waals surface area contributed by atoms with E-state index in [0.717, 1.165) is 38.1 Å². The molecule has 0 spiro atoms. The van der Waals surface area contributed by atoms with Gasteiger partial charge in [-0.15, -0.1) is 0 Å². The van der Waals surface area contributed by atoms with Gasteiger partial charge in [0, 0.05) is 26.0 Å². The molecule has 26 heavy (non-hydrogen) atoms. The van der Waals surface area contributed by atoms with Gasteiger partial charge < -0.3 is 14.2 Å². The van der Waals surface area contributed by atoms with Crippen molar-refractivity contribution >= 4 is 9.84 Å². The SMILES string of the molecule is CN(CCc1ccccc1)Cc1cnc(S(C)(=O)=O)n1CC1CCCO1. The largest absolute Gasteiger partial charge is 0.376 e. The van der Waals surface area contributed by atoms with Gasteiger partial charge in [0.2, 0.25) is 15.0 Å². The highest BCUT2D eigenvalue weighted by Crippen LogP contribution is 2.19. The number of ether oxygens (including phenoxy) is 1. The Hall–Kier alpha value is -1.70. The van der Waals surface area contributed by atoms with Crippen LogP contribution in [-0.2, 0) is 34.1 Å². The Kier molecular flexibility index (Phi) is 6.11. The fraction of sp³-hybridized carbons (Fsp3) is 0.526. The highest BCUT2D eigenvalue weighted by atomic mass is 32.2. The molecule has 1 aliphatic heterocycles. The lowest BCUT2D eigenvalue weighted by Crippen LogP contribution is -2.25. The molecule has 1 aliphatic rings. The standard InChI is InChI=1S/C19H27N3O3S/c1-21(11-10-16-7-4-3-5-8-16)14-17-13-20-19(26(2,23)24)22(17)15-18-9-6-12-25-18/h3-5,7-8,13,18H,6,9-12,14-15H2,1-2H3. The maximum atomic E-state index is 12.1. The van der Waals surface area contributed by atoms with Gasteiger partial charge in [0.15, 0.2) is 0 Å². The Morgan fingerprint density at radius 1 is 1.31 bits per heavy atom. The maximum Gasteiger partial charge on any atom is 0.227 e. The van der Waals surface area contributed by atoms with E-state index in [1.54, 1.807) is 6.20 Å². The van der Waals surface area contributed by atoms with Crippen molar-refractivity contribution in [1.82, 2.24) is 14.5 Å². The molecule has 0 N–H and O–H groups in total. The number of sulfone groups is 1. The summed E-state index contributed by atoms with van der Waals surface area (Å²) in [6.45, 7) is 2.84. The zero-order chi connectivity index (χ0) is 18.6. The molecule has 0 saturated carbocycles. The molecule has 0 aliphatic carbocycles. The van der Waals surface area contributed by atoms with Crippen LogP contribution in [0.2, 0.25) is 0 Å². The second kappa shape index (κ2) is 8.33. The van der Waals surface area contributed by atoms with Gasteiger partial charge in [-0.25, -0.2) is 13.4 Å². The van der Waals surface area contributed by atoms with Crippen LogP contribution in [0.5, 0.6) is 0 Å². The van der Waals surface area contributed by atoms with Crippen LogP contribution in [0.15, 0.2) is 41.7 Å². The maximum absolute atomic E-state index is 12.1. The summed E-state index contributed by atoms with van der Waals surface area (Å²) in [6, 6.07) is 10.4. The average Bonchev–Trinajstić information content (AvgIpc) is 3.24. The van der Waals surface area contributed by atoms with Crippen molar-refractivity contribution < 1.29 is 13.2 Å². The minimum absolute atomic E-state index is 0.0677. The Morgan fingerprint density at radius 3 is 2.73 bits per heavy atom. The summed E-state index contributed by atoms with van der Waals surface area (Å²) < 4.78 is 31.7. The number of likely N-dealkylation sites (N-methyl/N-ethyl adjacent to an activating group) is 1. The summed E-state index contributed by atoms with van der Waals surface area (Å²) in [6.07, 6.45) is 5.91. The quantitative estimate of drug-likeness (QED) is 0.705. The van der Waals surface area contributed by atoms with Gasteiger partial charge in [0.05, 0.1) is 24.5 Å². The van der Waals surface area contributed by atoms with E-state index in [0.29, 0.717) is 13.1 Å². The van der Waals surface area contributed by atoms with Crippen molar-refractivity contribution in [3.63, 3.8) is 0 Å². The van der Waals surface area contributed by atoms with E-state index in [1.165, 1.54) is 11.8 Å². The van der Waals surface area contributed by atoms with Crippen LogP contribution in [0.25, 0.3) is 0 Å². The first-order valence-corrected chi connectivity index (χ1v) is 10.9. The number of hydrogen-bond acceptors (Lipinski definition) is 5. The Balaban J connectivity index is 1.70. The monoisotopic (exact) mass is 377 g/mol. The van der Waals surface area contributed by atoms with Crippen LogP contribution in [0.1, 0.15) is 24.1 Å². The highest BCUT2D eigenvalue weighted by Gasteiger charge is 2.24. The molecule has 2 heterocycles. The van der Waals surface area contributed by atoms with E-state index in [2.05, 4.69) is 22.0 Å². The Bertz CT molecular complexity index is 812. The molecule has 0 radical (unpaired) electrons. The third kappa shape index (κ3) is 4.93. The third-order valence-corrected chi connectivity index (χ3v) is 5.69. The number of hydrogen-bond donors (Lipinski definition) is 0. The summed E-state index contributed by atoms with van der Waals surface area (Å²) in [5, 5.41) is 0.138. The van der Waals surface area contributed by atoms with E-state index >= 15 is 0 Å². The smallest absolute Gasteiger partial charge is 0.227 e. The molecule has 1 aromatic heterocycles. The molecule has 1 saturated heterocycles. The average molecular weight is 378 g/mol. The molecular weight excluding hydrogens is 350 g/mol. The summed E-state index contributed by atoms with van der Waals surface area (Å²) in [7, 11) is -1.32. The van der Waals surface area contributed by atoms with Crippen LogP contribution in [-0.4, -0.2) is 55.4 Å². The van der Waals surface area contributed by atoms with Gasteiger partial charge in [-0.05, 0) is 31.9 Å². The molecule has 0 bridgehead atoms. The fourth-order valence-corrected chi connectivity index (χ4v) is 4.16. The van der Waals surface area contributed by atoms with Crippen molar-refractivity contribution in [2.45, 2.75) is 43.6 Å². The molecule has 1 fully saturated rings. The Labute approximate surface area is 155 Å². The Morgan fingerprint density at radius 2 is 2.08 bits per heavy atom. The number of benzene rings is 1. The summed E-state index contributed by atoms with van der Waals surface area (Å²) in [4.78, 5) is 6.39. The predicted octanol–water partition coefficient (Wildman–Crippen LogP) is 2.14. The molecule has 0 amide bonds. The minimum atomic E-state index is -3.37. The lowest BCUT2D eigenvalue weighted by atomic mass is 10.1. The molecule has 2 aromatic rings. The van der Waals surface area contributed by atoms with Crippen molar-refractivity contribution in [3.8, 4) is 0 Å². The third-order valence-electron chi connectivity index (χ3n) is 4.70. The predicted molar refractivity (Wildman–Crippen MR) is 101 cm³/mol. The van der Waals surface area contributed by atoms with Gasteiger partial charge >= 0.3 is 0 Å². The van der Waals surface area contributed by atoms with Gasteiger partial charge in [-0.1, -0.05) is 30.3 Å². The highest BCUT2D eigenvalue weighted by molar-refractivity contribution is 7.90. The van der Waals surface area contributed by atoms with Crippen LogP contribution in [0.3, 0.4) is 0 Å². The van der Waals surface area contributed by atoms with E-state index < -0.39 is 9.84 Å². The van der Waals surface area contributed by atoms with E-state index in [9.17, 15) is 8.42 Å². The molecule has 1 unspecified atom stereocenters. The first-order chi connectivity index (χ1) is 12.4. The van der Waals surface area contributed by atoms with Crippen LogP contribution in [0, 0.1) is 0 Å². The minimum Gasteiger partial charge on any atom is -0.376 e. The van der Waals surface area contributed by atoms with Gasteiger partial charge in [0.25, 0.3) is 0 Å². The van der Waals surface area contributed by atoms with Crippen molar-refractivity contribution in [2.24, 2.45) is 0 Å². The lowest BCUT2D eigenvalue weighted by Gasteiger charge is -2.20. The van der Waals surface area contributed by atoms with Crippen molar-refractivity contribution in [3.05, 3.63) is 47.8 Å². The first-order valence-electron chi connectivity index (χ1n) is 9.02. The molecule has 1 atom stereocenters. The van der Waals surface area contributed by atoms with E-state index in [-0.39, 0.29) is 11.3 Å². The van der Waals surface area contributed by atoms with Crippen LogP contribution >= 0.6 is 0 Å². The van der Waals surface area contributed by atoms with Gasteiger partial charge in [-0.3, -0.25) is 0 Å². The summed E-state index contributed by atoms with van der Waals surface area (Å²) in [5.74, 6) is 0. The van der Waals surface area contributed by atoms with Crippen molar-refractivity contribution in [2.75, 3.05) is 26.5 Å². The van der Waals surface area contributed by atoms with E-state index in [1.807, 2.05) is 29.8 Å². The second-order valence-corrected chi connectivity index (χ2v) is 8.93. The molecule has 6 nitrogen and oxygen atoms in total. The van der Waals surface area contributed by atoms with Gasteiger partial charge in [-0.2, -0.15) is 0 Å². The van der Waals surface area contributed by atoms with Crippen LogP contribution in [0.4, 0.5) is 0 Å². The summed E-state index contributed by atoms with van der Waals surface area (Å²) >= 11 is 0. The van der Waals surface area contributed by atoms with Gasteiger partial charge in [0.1, 0.15) is 0 Å². The van der Waals surface area contributed by atoms with Crippen molar-refractivity contribution in [1.29, 1.82) is 0 Å². The molecule has 1 aromatic carbocycles. The topological polar surface area (TPSA) is 64.4 Å². The number of rotatable bonds is 8. The van der Waals surface area contributed by atoms with E-state index in [4.69, 9.17) is 4.74 Å². The normalized spacial score (nSPS) is 17.9. The summed E-state index contributed by atoms with van der Waals surface area (Å²) in [5.41, 5.74) is 2.21. The fourth-order valence-electron chi connectivity index (χ4n) is 3.32. The molecule has 3 rings (SSSR count). The zero-order valence-corrected chi connectivity index (χ0v) is 16.3. The van der Waals surface area contributed by atoms with Crippen LogP contribution < -0.4 is 0 Å². The number of aromatic nitrogens is 2. The first kappa shape index (κ1) is 19.1. The lowest BCUT2D eigenvalue weighted by molar-refractivity contribution is 0.0935. The second-order valence-electron chi connectivity index (χ2n) is 7.02. The molecular formula is C19H27N3O3S. The molecule has 142 valence electrons.